The molecule has 6 heteroatoms. The van der Waals surface area contributed by atoms with Gasteiger partial charge in [-0.05, 0) is 43.3 Å². The van der Waals surface area contributed by atoms with Gasteiger partial charge >= 0.3 is 5.97 Å². The molecular weight excluding hydrogens is 358 g/mol. The molecule has 0 bridgehead atoms. The average molecular weight is 375 g/mol. The molecule has 0 aliphatic carbocycles. The molecule has 0 unspecified atom stereocenters. The number of oxazole rings is 1. The lowest BCUT2D eigenvalue weighted by Gasteiger charge is -2.04. The normalized spacial score (nSPS) is 11.3. The molecule has 4 aromatic rings. The molecule has 2 aromatic carbocycles. The van der Waals surface area contributed by atoms with Crippen molar-refractivity contribution in [3.63, 3.8) is 0 Å². The molecule has 0 aliphatic rings. The largest absolute Gasteiger partial charge is 0.487 e. The second-order valence-electron chi connectivity index (χ2n) is 6.20. The maximum atomic E-state index is 10.6. The number of aromatic nitrogens is 1. The average Bonchev–Trinajstić information content (AvgIpc) is 3.28. The molecule has 0 fully saturated rings. The quantitative estimate of drug-likeness (QED) is 0.473. The maximum Gasteiger partial charge on any atom is 0.328 e. The molecule has 0 saturated heterocycles. The lowest BCUT2D eigenvalue weighted by molar-refractivity contribution is -0.131. The molecule has 6 nitrogen and oxygen atoms in total. The Balaban J connectivity index is 1.50. The summed E-state index contributed by atoms with van der Waals surface area (Å²) in [6, 6.07) is 16.9. The van der Waals surface area contributed by atoms with E-state index in [0.717, 1.165) is 22.7 Å². The number of aliphatic carboxylic acids is 1. The summed E-state index contributed by atoms with van der Waals surface area (Å²) in [5.41, 5.74) is 2.25. The fraction of sp³-hybridized carbons (Fsp3) is 0.0909. The third-order valence-electron chi connectivity index (χ3n) is 4.19. The number of rotatable bonds is 6. The van der Waals surface area contributed by atoms with Crippen LogP contribution in [0.1, 0.15) is 17.2 Å². The number of aryl methyl sites for hydroxylation is 1. The minimum Gasteiger partial charge on any atom is -0.487 e. The van der Waals surface area contributed by atoms with Gasteiger partial charge in [-0.25, -0.2) is 9.78 Å². The number of hydrogen-bond acceptors (Lipinski definition) is 5. The van der Waals surface area contributed by atoms with Crippen LogP contribution in [0.2, 0.25) is 0 Å². The first-order chi connectivity index (χ1) is 13.6. The number of furan rings is 1. The van der Waals surface area contributed by atoms with Gasteiger partial charge in [-0.3, -0.25) is 0 Å². The first kappa shape index (κ1) is 17.6. The van der Waals surface area contributed by atoms with Gasteiger partial charge in [-0.15, -0.1) is 0 Å². The van der Waals surface area contributed by atoms with E-state index in [2.05, 4.69) is 4.98 Å². The van der Waals surface area contributed by atoms with E-state index >= 15 is 0 Å². The van der Waals surface area contributed by atoms with E-state index in [0.29, 0.717) is 28.7 Å². The first-order valence-corrected chi connectivity index (χ1v) is 8.67. The predicted octanol–water partition coefficient (Wildman–Crippen LogP) is 5.07. The fourth-order valence-corrected chi connectivity index (χ4v) is 2.78. The molecule has 0 radical (unpaired) electrons. The minimum atomic E-state index is -1.03. The van der Waals surface area contributed by atoms with Crippen LogP contribution in [-0.2, 0) is 11.4 Å². The third kappa shape index (κ3) is 3.81. The van der Waals surface area contributed by atoms with E-state index in [4.69, 9.17) is 18.7 Å². The lowest BCUT2D eigenvalue weighted by atomic mass is 10.2. The predicted molar refractivity (Wildman–Crippen MR) is 104 cm³/mol. The van der Waals surface area contributed by atoms with Gasteiger partial charge in [0.05, 0.1) is 0 Å². The lowest BCUT2D eigenvalue weighted by Crippen LogP contribution is -1.97. The number of nitrogens with zero attached hydrogens (tertiary/aromatic N) is 1. The van der Waals surface area contributed by atoms with E-state index < -0.39 is 5.97 Å². The molecule has 2 aromatic heterocycles. The van der Waals surface area contributed by atoms with Crippen molar-refractivity contribution in [2.24, 2.45) is 0 Å². The molecule has 28 heavy (non-hydrogen) atoms. The van der Waals surface area contributed by atoms with Crippen molar-refractivity contribution in [1.29, 1.82) is 0 Å². The SMILES string of the molecule is Cc1oc(-c2ccccc2)nc1COc1ccc2cc(C=CC(=O)O)oc2c1. The summed E-state index contributed by atoms with van der Waals surface area (Å²) in [5, 5.41) is 9.57. The Kier molecular flexibility index (Phi) is 4.68. The van der Waals surface area contributed by atoms with E-state index in [-0.39, 0.29) is 6.61 Å². The fourth-order valence-electron chi connectivity index (χ4n) is 2.78. The molecule has 1 N–H and O–H groups in total. The van der Waals surface area contributed by atoms with Crippen LogP contribution in [0.5, 0.6) is 5.75 Å². The van der Waals surface area contributed by atoms with Gasteiger partial charge in [0.25, 0.3) is 0 Å². The number of benzene rings is 2. The molecule has 4 rings (SSSR count). The van der Waals surface area contributed by atoms with Crippen LogP contribution in [0.15, 0.2) is 69.5 Å². The van der Waals surface area contributed by atoms with E-state index in [9.17, 15) is 4.79 Å². The zero-order chi connectivity index (χ0) is 19.5. The van der Waals surface area contributed by atoms with Crippen LogP contribution in [-0.4, -0.2) is 16.1 Å². The molecule has 0 spiro atoms. The highest BCUT2D eigenvalue weighted by Crippen LogP contribution is 2.27. The zero-order valence-electron chi connectivity index (χ0n) is 15.1. The Hall–Kier alpha value is -3.80. The molecule has 2 heterocycles. The maximum absolute atomic E-state index is 10.6. The van der Waals surface area contributed by atoms with Crippen LogP contribution >= 0.6 is 0 Å². The molecule has 0 atom stereocenters. The summed E-state index contributed by atoms with van der Waals surface area (Å²) in [5.74, 6) is 1.34. The molecule has 0 aliphatic heterocycles. The van der Waals surface area contributed by atoms with Gasteiger partial charge in [-0.2, -0.15) is 0 Å². The molecule has 140 valence electrons. The highest BCUT2D eigenvalue weighted by Gasteiger charge is 2.12. The van der Waals surface area contributed by atoms with Gasteiger partial charge in [0.2, 0.25) is 5.89 Å². The van der Waals surface area contributed by atoms with Crippen LogP contribution in [0.4, 0.5) is 0 Å². The Morgan fingerprint density at radius 1 is 1.14 bits per heavy atom. The smallest absolute Gasteiger partial charge is 0.328 e. The Morgan fingerprint density at radius 3 is 2.75 bits per heavy atom. The van der Waals surface area contributed by atoms with Crippen LogP contribution in [0.25, 0.3) is 28.5 Å². The van der Waals surface area contributed by atoms with Gasteiger partial charge in [-0.1, -0.05) is 18.2 Å². The second-order valence-corrected chi connectivity index (χ2v) is 6.20. The van der Waals surface area contributed by atoms with Gasteiger partial charge in [0, 0.05) is 23.1 Å². The van der Waals surface area contributed by atoms with Crippen molar-refractivity contribution in [2.45, 2.75) is 13.5 Å². The number of carbonyl (C=O) groups is 1. The van der Waals surface area contributed by atoms with Crippen molar-refractivity contribution >= 4 is 23.0 Å². The van der Waals surface area contributed by atoms with Crippen molar-refractivity contribution < 1.29 is 23.5 Å². The number of hydrogen-bond donors (Lipinski definition) is 1. The summed E-state index contributed by atoms with van der Waals surface area (Å²) in [6.45, 7) is 2.12. The molecule has 0 saturated carbocycles. The van der Waals surface area contributed by atoms with Gasteiger partial charge < -0.3 is 18.7 Å². The van der Waals surface area contributed by atoms with E-state index in [1.807, 2.05) is 49.4 Å². The highest BCUT2D eigenvalue weighted by atomic mass is 16.5. The molecule has 0 amide bonds. The summed E-state index contributed by atoms with van der Waals surface area (Å²) < 4.78 is 17.2. The first-order valence-electron chi connectivity index (χ1n) is 8.67. The molecular formula is C22H17NO5. The third-order valence-corrected chi connectivity index (χ3v) is 4.19. The van der Waals surface area contributed by atoms with Crippen molar-refractivity contribution in [3.05, 3.63) is 77.9 Å². The second kappa shape index (κ2) is 7.44. The van der Waals surface area contributed by atoms with Crippen molar-refractivity contribution in [2.75, 3.05) is 0 Å². The van der Waals surface area contributed by atoms with E-state index in [1.165, 1.54) is 6.08 Å². The van der Waals surface area contributed by atoms with Gasteiger partial charge in [0.15, 0.2) is 0 Å². The Bertz CT molecular complexity index is 1150. The topological polar surface area (TPSA) is 85.7 Å². The number of fused-ring (bicyclic) bond motifs is 1. The summed E-state index contributed by atoms with van der Waals surface area (Å²) in [4.78, 5) is 15.1. The van der Waals surface area contributed by atoms with E-state index in [1.54, 1.807) is 12.1 Å². The zero-order valence-corrected chi connectivity index (χ0v) is 15.1. The van der Waals surface area contributed by atoms with Crippen molar-refractivity contribution in [3.8, 4) is 17.2 Å². The number of carboxylic acid groups (broad SMARTS) is 1. The Morgan fingerprint density at radius 2 is 1.96 bits per heavy atom. The van der Waals surface area contributed by atoms with Crippen molar-refractivity contribution in [1.82, 2.24) is 4.98 Å². The minimum absolute atomic E-state index is 0.264. The van der Waals surface area contributed by atoms with Crippen LogP contribution < -0.4 is 4.74 Å². The monoisotopic (exact) mass is 375 g/mol. The summed E-state index contributed by atoms with van der Waals surface area (Å²) in [7, 11) is 0. The van der Waals surface area contributed by atoms with Crippen LogP contribution in [0, 0.1) is 6.92 Å². The number of ether oxygens (including phenoxy) is 1. The summed E-state index contributed by atoms with van der Waals surface area (Å²) >= 11 is 0. The highest BCUT2D eigenvalue weighted by molar-refractivity contribution is 5.87. The van der Waals surface area contributed by atoms with Crippen LogP contribution in [0.3, 0.4) is 0 Å². The van der Waals surface area contributed by atoms with Gasteiger partial charge in [0.1, 0.15) is 35.2 Å². The standard InChI is InChI=1S/C22H17NO5/c1-14-19(23-22(27-14)15-5-3-2-4-6-15)13-26-17-8-7-16-11-18(9-10-21(24)25)28-20(16)12-17/h2-12H,13H2,1H3,(H,24,25). The number of carboxylic acids is 1. The Labute approximate surface area is 160 Å². The summed E-state index contributed by atoms with van der Waals surface area (Å²) in [6.07, 6.45) is 2.44.